The lowest BCUT2D eigenvalue weighted by molar-refractivity contribution is 0.0730. The highest BCUT2D eigenvalue weighted by Gasteiger charge is 2.29. The average molecular weight is 450 g/mol. The number of rotatable bonds is 7. The van der Waals surface area contributed by atoms with Gasteiger partial charge in [0.1, 0.15) is 0 Å². The van der Waals surface area contributed by atoms with E-state index in [9.17, 15) is 13.2 Å². The van der Waals surface area contributed by atoms with Crippen LogP contribution in [0.15, 0.2) is 73.1 Å². The highest BCUT2D eigenvalue weighted by atomic mass is 32.2. The molecule has 0 saturated carbocycles. The van der Waals surface area contributed by atoms with Crippen molar-refractivity contribution in [3.05, 3.63) is 95.3 Å². The SMILES string of the molecule is CCc1ccc(CN(Cc2cccnc2)C(=O)c2cccc(N3CCCS3(=O)=O)c2)cc1. The molecule has 0 N–H and O–H groups in total. The second-order valence-corrected chi connectivity index (χ2v) is 10.00. The van der Waals surface area contributed by atoms with Gasteiger partial charge >= 0.3 is 0 Å². The van der Waals surface area contributed by atoms with Crippen molar-refractivity contribution in [2.45, 2.75) is 32.9 Å². The maximum absolute atomic E-state index is 13.5. The van der Waals surface area contributed by atoms with Gasteiger partial charge in [-0.1, -0.05) is 43.3 Å². The van der Waals surface area contributed by atoms with Crippen LogP contribution in [0.1, 0.15) is 40.4 Å². The normalized spacial score (nSPS) is 15.0. The maximum atomic E-state index is 13.5. The Bertz CT molecular complexity index is 1180. The van der Waals surface area contributed by atoms with Gasteiger partial charge in [0.25, 0.3) is 5.91 Å². The second-order valence-electron chi connectivity index (χ2n) is 7.98. The molecule has 1 amide bonds. The number of amides is 1. The molecule has 7 heteroatoms. The van der Waals surface area contributed by atoms with Gasteiger partial charge in [-0.05, 0) is 53.8 Å². The van der Waals surface area contributed by atoms with Crippen LogP contribution < -0.4 is 4.31 Å². The quantitative estimate of drug-likeness (QED) is 0.546. The van der Waals surface area contributed by atoms with E-state index in [-0.39, 0.29) is 11.7 Å². The number of aryl methyl sites for hydroxylation is 1. The molecule has 0 atom stereocenters. The average Bonchev–Trinajstić information content (AvgIpc) is 3.18. The van der Waals surface area contributed by atoms with Crippen molar-refractivity contribution in [3.8, 4) is 0 Å². The van der Waals surface area contributed by atoms with Crippen LogP contribution in [0.25, 0.3) is 0 Å². The fraction of sp³-hybridized carbons (Fsp3) is 0.280. The van der Waals surface area contributed by atoms with Gasteiger partial charge in [-0.25, -0.2) is 8.42 Å². The first-order valence-electron chi connectivity index (χ1n) is 10.8. The van der Waals surface area contributed by atoms with Crippen LogP contribution in [0.5, 0.6) is 0 Å². The molecule has 0 aliphatic carbocycles. The molecule has 3 aromatic rings. The third-order valence-electron chi connectivity index (χ3n) is 5.67. The number of hydrogen-bond acceptors (Lipinski definition) is 4. The number of nitrogens with zero attached hydrogens (tertiary/aromatic N) is 3. The highest BCUT2D eigenvalue weighted by molar-refractivity contribution is 7.93. The number of aromatic nitrogens is 1. The van der Waals surface area contributed by atoms with Crippen LogP contribution in [0.3, 0.4) is 0 Å². The van der Waals surface area contributed by atoms with Crippen molar-refractivity contribution >= 4 is 21.6 Å². The standard InChI is InChI=1S/C25H27N3O3S/c1-2-20-9-11-21(12-10-20)18-27(19-22-6-4-13-26-17-22)25(29)23-7-3-8-24(16-23)28-14-5-15-32(28,30)31/h3-4,6-13,16-17H,2,5,14-15,18-19H2,1H3. The van der Waals surface area contributed by atoms with Crippen molar-refractivity contribution in [1.82, 2.24) is 9.88 Å². The molecule has 2 aromatic carbocycles. The lowest BCUT2D eigenvalue weighted by Crippen LogP contribution is -2.31. The minimum Gasteiger partial charge on any atom is -0.330 e. The van der Waals surface area contributed by atoms with Crippen molar-refractivity contribution in [3.63, 3.8) is 0 Å². The van der Waals surface area contributed by atoms with E-state index in [1.165, 1.54) is 9.87 Å². The Labute approximate surface area is 189 Å². The summed E-state index contributed by atoms with van der Waals surface area (Å²) in [5.74, 6) is -0.00152. The molecule has 1 aromatic heterocycles. The van der Waals surface area contributed by atoms with Crippen LogP contribution in [-0.4, -0.2) is 36.5 Å². The molecular formula is C25H27N3O3S. The van der Waals surface area contributed by atoms with Crippen molar-refractivity contribution in [2.24, 2.45) is 0 Å². The van der Waals surface area contributed by atoms with E-state index in [4.69, 9.17) is 0 Å². The third kappa shape index (κ3) is 4.99. The van der Waals surface area contributed by atoms with Crippen LogP contribution in [0.2, 0.25) is 0 Å². The van der Waals surface area contributed by atoms with E-state index < -0.39 is 10.0 Å². The summed E-state index contributed by atoms with van der Waals surface area (Å²) >= 11 is 0. The Morgan fingerprint density at radius 3 is 2.41 bits per heavy atom. The van der Waals surface area contributed by atoms with E-state index >= 15 is 0 Å². The van der Waals surface area contributed by atoms with Crippen LogP contribution in [-0.2, 0) is 29.5 Å². The number of carbonyl (C=O) groups excluding carboxylic acids is 1. The predicted molar refractivity (Wildman–Crippen MR) is 126 cm³/mol. The first kappa shape index (κ1) is 22.0. The molecule has 32 heavy (non-hydrogen) atoms. The number of anilines is 1. The fourth-order valence-corrected chi connectivity index (χ4v) is 5.47. The van der Waals surface area contributed by atoms with E-state index in [1.54, 1.807) is 41.6 Å². The predicted octanol–water partition coefficient (Wildman–Crippen LogP) is 4.03. The Morgan fingerprint density at radius 1 is 1.00 bits per heavy atom. The molecule has 4 rings (SSSR count). The Balaban J connectivity index is 1.62. The van der Waals surface area contributed by atoms with Gasteiger partial charge in [0.15, 0.2) is 0 Å². The van der Waals surface area contributed by atoms with Gasteiger partial charge in [0.05, 0.1) is 11.4 Å². The Kier molecular flexibility index (Phi) is 6.55. The molecule has 1 saturated heterocycles. The van der Waals surface area contributed by atoms with Gasteiger partial charge in [0.2, 0.25) is 10.0 Å². The number of hydrogen-bond donors (Lipinski definition) is 0. The van der Waals surface area contributed by atoms with Crippen LogP contribution >= 0.6 is 0 Å². The molecule has 0 radical (unpaired) electrons. The fourth-order valence-electron chi connectivity index (χ4n) is 3.92. The van der Waals surface area contributed by atoms with Crippen molar-refractivity contribution in [2.75, 3.05) is 16.6 Å². The van der Waals surface area contributed by atoms with Crippen LogP contribution in [0, 0.1) is 0 Å². The van der Waals surface area contributed by atoms with Gasteiger partial charge in [-0.3, -0.25) is 14.1 Å². The van der Waals surface area contributed by atoms with E-state index in [0.29, 0.717) is 37.3 Å². The largest absolute Gasteiger partial charge is 0.330 e. The highest BCUT2D eigenvalue weighted by Crippen LogP contribution is 2.26. The first-order chi connectivity index (χ1) is 15.5. The molecular weight excluding hydrogens is 422 g/mol. The number of benzene rings is 2. The van der Waals surface area contributed by atoms with E-state index in [0.717, 1.165) is 17.5 Å². The summed E-state index contributed by atoms with van der Waals surface area (Å²) in [6, 6.07) is 19.0. The zero-order chi connectivity index (χ0) is 22.6. The second kappa shape index (κ2) is 9.53. The topological polar surface area (TPSA) is 70.6 Å². The summed E-state index contributed by atoms with van der Waals surface area (Å²) in [5, 5.41) is 0. The molecule has 0 spiro atoms. The Morgan fingerprint density at radius 2 is 1.75 bits per heavy atom. The summed E-state index contributed by atoms with van der Waals surface area (Å²) in [6.45, 7) is 3.42. The minimum atomic E-state index is -3.31. The lowest BCUT2D eigenvalue weighted by atomic mass is 10.1. The smallest absolute Gasteiger partial charge is 0.254 e. The zero-order valence-electron chi connectivity index (χ0n) is 18.1. The molecule has 2 heterocycles. The molecule has 1 aliphatic heterocycles. The van der Waals surface area contributed by atoms with E-state index in [1.807, 2.05) is 12.1 Å². The molecule has 0 unspecified atom stereocenters. The molecule has 1 aliphatic rings. The lowest BCUT2D eigenvalue weighted by Gasteiger charge is -2.24. The summed E-state index contributed by atoms with van der Waals surface area (Å²) in [4.78, 5) is 19.5. The summed E-state index contributed by atoms with van der Waals surface area (Å²) < 4.78 is 26.1. The Hall–Kier alpha value is -3.19. The first-order valence-corrected chi connectivity index (χ1v) is 12.4. The molecule has 0 bridgehead atoms. The third-order valence-corrected chi connectivity index (χ3v) is 7.54. The van der Waals surface area contributed by atoms with Gasteiger partial charge in [-0.15, -0.1) is 0 Å². The monoisotopic (exact) mass is 449 g/mol. The summed E-state index contributed by atoms with van der Waals surface area (Å²) in [6.07, 6.45) is 5.03. The minimum absolute atomic E-state index is 0.145. The van der Waals surface area contributed by atoms with E-state index in [2.05, 4.69) is 36.2 Å². The van der Waals surface area contributed by atoms with Crippen molar-refractivity contribution in [1.29, 1.82) is 0 Å². The van der Waals surface area contributed by atoms with Gasteiger partial charge in [0, 0.05) is 37.6 Å². The zero-order valence-corrected chi connectivity index (χ0v) is 19.0. The molecule has 6 nitrogen and oxygen atoms in total. The number of pyridine rings is 1. The van der Waals surface area contributed by atoms with Crippen LogP contribution in [0.4, 0.5) is 5.69 Å². The number of carbonyl (C=O) groups is 1. The maximum Gasteiger partial charge on any atom is 0.254 e. The number of sulfonamides is 1. The molecule has 166 valence electrons. The summed E-state index contributed by atoms with van der Waals surface area (Å²) in [7, 11) is -3.31. The van der Waals surface area contributed by atoms with Gasteiger partial charge < -0.3 is 4.90 Å². The summed E-state index contributed by atoms with van der Waals surface area (Å²) in [5.41, 5.74) is 4.24. The van der Waals surface area contributed by atoms with Crippen molar-refractivity contribution < 1.29 is 13.2 Å². The van der Waals surface area contributed by atoms with Gasteiger partial charge in [-0.2, -0.15) is 0 Å². The molecule has 1 fully saturated rings.